The van der Waals surface area contributed by atoms with Crippen LogP contribution in [0.25, 0.3) is 0 Å². The second-order valence-electron chi connectivity index (χ2n) is 4.45. The maximum atomic E-state index is 5.92. The van der Waals surface area contributed by atoms with E-state index in [1.807, 2.05) is 13.1 Å². The number of anilines is 1. The van der Waals surface area contributed by atoms with Crippen LogP contribution in [0.15, 0.2) is 12.3 Å². The lowest BCUT2D eigenvalue weighted by molar-refractivity contribution is 0.579. The predicted molar refractivity (Wildman–Crippen MR) is 61.5 cm³/mol. The van der Waals surface area contributed by atoms with Gasteiger partial charge in [-0.15, -0.1) is 0 Å². The molecule has 2 saturated heterocycles. The molecule has 3 nitrogen and oxygen atoms in total. The molecule has 0 aromatic carbocycles. The molecule has 0 radical (unpaired) electrons. The number of aryl methyl sites for hydroxylation is 1. The maximum Gasteiger partial charge on any atom is 0.132 e. The number of hydrogen-bond donors (Lipinski definition) is 1. The summed E-state index contributed by atoms with van der Waals surface area (Å²) in [6.07, 6.45) is 3.15. The molecule has 2 atom stereocenters. The standard InChI is InChI=1S/C11H14ClN3/c1-7-2-9(5-14-11(7)12)15-6-8-3-10(15)4-13-8/h2,5,8,10,13H,3-4,6H2,1H3/t8-,10-/m1/s1. The number of hydrogen-bond acceptors (Lipinski definition) is 3. The van der Waals surface area contributed by atoms with Crippen molar-refractivity contribution in [3.05, 3.63) is 23.0 Å². The zero-order chi connectivity index (χ0) is 10.4. The third-order valence-corrected chi connectivity index (χ3v) is 3.78. The molecule has 15 heavy (non-hydrogen) atoms. The van der Waals surface area contributed by atoms with E-state index >= 15 is 0 Å². The van der Waals surface area contributed by atoms with Crippen LogP contribution in [0.4, 0.5) is 5.69 Å². The number of rotatable bonds is 1. The van der Waals surface area contributed by atoms with Crippen LogP contribution in [0, 0.1) is 6.92 Å². The van der Waals surface area contributed by atoms with Gasteiger partial charge in [0.15, 0.2) is 0 Å². The Morgan fingerprint density at radius 3 is 3.07 bits per heavy atom. The van der Waals surface area contributed by atoms with Crippen molar-refractivity contribution in [3.8, 4) is 0 Å². The molecular formula is C11H14ClN3. The molecule has 0 unspecified atom stereocenters. The summed E-state index contributed by atoms with van der Waals surface area (Å²) in [7, 11) is 0. The van der Waals surface area contributed by atoms with E-state index in [2.05, 4.69) is 21.3 Å². The number of piperazine rings is 1. The summed E-state index contributed by atoms with van der Waals surface area (Å²) in [5.74, 6) is 0. The number of nitrogens with one attached hydrogen (secondary N) is 1. The average molecular weight is 224 g/mol. The van der Waals surface area contributed by atoms with Crippen LogP contribution in [-0.4, -0.2) is 30.2 Å². The molecule has 2 aliphatic rings. The summed E-state index contributed by atoms with van der Waals surface area (Å²) < 4.78 is 0. The lowest BCUT2D eigenvalue weighted by Gasteiger charge is -2.29. The molecule has 0 amide bonds. The second kappa shape index (κ2) is 3.35. The highest BCUT2D eigenvalue weighted by Crippen LogP contribution is 2.30. The minimum Gasteiger partial charge on any atom is -0.364 e. The Morgan fingerprint density at radius 1 is 1.60 bits per heavy atom. The van der Waals surface area contributed by atoms with Crippen molar-refractivity contribution in [2.24, 2.45) is 0 Å². The van der Waals surface area contributed by atoms with E-state index in [1.165, 1.54) is 12.1 Å². The zero-order valence-corrected chi connectivity index (χ0v) is 9.46. The van der Waals surface area contributed by atoms with Gasteiger partial charge >= 0.3 is 0 Å². The Labute approximate surface area is 94.4 Å². The second-order valence-corrected chi connectivity index (χ2v) is 4.81. The summed E-state index contributed by atoms with van der Waals surface area (Å²) in [5, 5.41) is 4.11. The first kappa shape index (κ1) is 9.43. The smallest absolute Gasteiger partial charge is 0.132 e. The molecule has 0 aliphatic carbocycles. The number of pyridine rings is 1. The molecule has 2 fully saturated rings. The summed E-state index contributed by atoms with van der Waals surface area (Å²) in [5.41, 5.74) is 2.27. The van der Waals surface area contributed by atoms with Crippen LogP contribution >= 0.6 is 11.6 Å². The fourth-order valence-corrected chi connectivity index (χ4v) is 2.68. The molecule has 0 saturated carbocycles. The van der Waals surface area contributed by atoms with Gasteiger partial charge in [0.05, 0.1) is 11.9 Å². The van der Waals surface area contributed by atoms with Crippen LogP contribution in [0.1, 0.15) is 12.0 Å². The van der Waals surface area contributed by atoms with Crippen LogP contribution in [-0.2, 0) is 0 Å². The summed E-state index contributed by atoms with van der Waals surface area (Å²) in [6, 6.07) is 3.46. The van der Waals surface area contributed by atoms with Crippen molar-refractivity contribution in [3.63, 3.8) is 0 Å². The van der Waals surface area contributed by atoms with Gasteiger partial charge in [0, 0.05) is 25.2 Å². The molecular weight excluding hydrogens is 210 g/mol. The molecule has 3 heterocycles. The summed E-state index contributed by atoms with van der Waals surface area (Å²) >= 11 is 5.92. The monoisotopic (exact) mass is 223 g/mol. The fraction of sp³-hybridized carbons (Fsp3) is 0.545. The Balaban J connectivity index is 1.90. The minimum absolute atomic E-state index is 0.612. The van der Waals surface area contributed by atoms with Crippen LogP contribution in [0.5, 0.6) is 0 Å². The van der Waals surface area contributed by atoms with Crippen molar-refractivity contribution in [2.45, 2.75) is 25.4 Å². The largest absolute Gasteiger partial charge is 0.364 e. The van der Waals surface area contributed by atoms with E-state index in [1.54, 1.807) is 0 Å². The third kappa shape index (κ3) is 1.50. The Hall–Kier alpha value is -0.800. The highest BCUT2D eigenvalue weighted by Gasteiger charge is 2.37. The van der Waals surface area contributed by atoms with Gasteiger partial charge in [-0.1, -0.05) is 11.6 Å². The molecule has 1 N–H and O–H groups in total. The normalized spacial score (nSPS) is 28.8. The van der Waals surface area contributed by atoms with E-state index in [0.717, 1.165) is 18.7 Å². The van der Waals surface area contributed by atoms with E-state index in [9.17, 15) is 0 Å². The van der Waals surface area contributed by atoms with Gasteiger partial charge < -0.3 is 10.2 Å². The van der Waals surface area contributed by atoms with Crippen molar-refractivity contribution in [1.82, 2.24) is 10.3 Å². The first-order chi connectivity index (χ1) is 7.24. The molecule has 2 bridgehead atoms. The Bertz CT molecular complexity index is 393. The zero-order valence-electron chi connectivity index (χ0n) is 8.70. The minimum atomic E-state index is 0.612. The van der Waals surface area contributed by atoms with Crippen LogP contribution in [0.3, 0.4) is 0 Å². The van der Waals surface area contributed by atoms with Crippen molar-refractivity contribution in [1.29, 1.82) is 0 Å². The van der Waals surface area contributed by atoms with Crippen LogP contribution in [0.2, 0.25) is 5.15 Å². The Kier molecular flexibility index (Phi) is 2.11. The first-order valence-corrected chi connectivity index (χ1v) is 5.74. The first-order valence-electron chi connectivity index (χ1n) is 5.36. The maximum absolute atomic E-state index is 5.92. The van der Waals surface area contributed by atoms with Gasteiger partial charge in [-0.05, 0) is 25.0 Å². The predicted octanol–water partition coefficient (Wildman–Crippen LogP) is 1.59. The Morgan fingerprint density at radius 2 is 2.47 bits per heavy atom. The molecule has 80 valence electrons. The highest BCUT2D eigenvalue weighted by molar-refractivity contribution is 6.30. The van der Waals surface area contributed by atoms with E-state index in [4.69, 9.17) is 11.6 Å². The van der Waals surface area contributed by atoms with Gasteiger partial charge in [0.1, 0.15) is 5.15 Å². The van der Waals surface area contributed by atoms with Crippen molar-refractivity contribution >= 4 is 17.3 Å². The van der Waals surface area contributed by atoms with E-state index in [-0.39, 0.29) is 0 Å². The highest BCUT2D eigenvalue weighted by atomic mass is 35.5. The fourth-order valence-electron chi connectivity index (χ4n) is 2.58. The summed E-state index contributed by atoms with van der Waals surface area (Å²) in [6.45, 7) is 4.21. The molecule has 3 rings (SSSR count). The van der Waals surface area contributed by atoms with Gasteiger partial charge in [0.25, 0.3) is 0 Å². The van der Waals surface area contributed by atoms with Gasteiger partial charge in [0.2, 0.25) is 0 Å². The third-order valence-electron chi connectivity index (χ3n) is 3.39. The molecule has 0 spiro atoms. The van der Waals surface area contributed by atoms with Gasteiger partial charge in [-0.3, -0.25) is 0 Å². The number of aromatic nitrogens is 1. The molecule has 1 aromatic rings. The van der Waals surface area contributed by atoms with E-state index < -0.39 is 0 Å². The SMILES string of the molecule is Cc1cc(N2C[C@H]3C[C@@H]2CN3)cnc1Cl. The van der Waals surface area contributed by atoms with Crippen LogP contribution < -0.4 is 10.2 Å². The number of nitrogens with zero attached hydrogens (tertiary/aromatic N) is 2. The summed E-state index contributed by atoms with van der Waals surface area (Å²) in [4.78, 5) is 6.65. The van der Waals surface area contributed by atoms with Crippen molar-refractivity contribution in [2.75, 3.05) is 18.0 Å². The molecule has 2 aliphatic heterocycles. The van der Waals surface area contributed by atoms with E-state index in [0.29, 0.717) is 17.2 Å². The topological polar surface area (TPSA) is 28.2 Å². The number of fused-ring (bicyclic) bond motifs is 2. The quantitative estimate of drug-likeness (QED) is 0.733. The average Bonchev–Trinajstić information content (AvgIpc) is 2.83. The number of halogens is 1. The van der Waals surface area contributed by atoms with Gasteiger partial charge in [-0.25, -0.2) is 4.98 Å². The molecule has 1 aromatic heterocycles. The lowest BCUT2D eigenvalue weighted by Crippen LogP contribution is -2.43. The van der Waals surface area contributed by atoms with Crippen molar-refractivity contribution < 1.29 is 0 Å². The van der Waals surface area contributed by atoms with Gasteiger partial charge in [-0.2, -0.15) is 0 Å². The lowest BCUT2D eigenvalue weighted by atomic mass is 10.2. The molecule has 4 heteroatoms.